The third kappa shape index (κ3) is 2.50. The van der Waals surface area contributed by atoms with E-state index < -0.39 is 0 Å². The van der Waals surface area contributed by atoms with Gasteiger partial charge >= 0.3 is 0 Å². The predicted octanol–water partition coefficient (Wildman–Crippen LogP) is 4.18. The average Bonchev–Trinajstić information content (AvgIpc) is 2.83. The molecule has 94 valence electrons. The van der Waals surface area contributed by atoms with Gasteiger partial charge in [0.25, 0.3) is 0 Å². The number of nitrogens with one attached hydrogen (secondary N) is 1. The van der Waals surface area contributed by atoms with E-state index >= 15 is 0 Å². The van der Waals surface area contributed by atoms with Crippen LogP contribution in [0.15, 0.2) is 52.5 Å². The van der Waals surface area contributed by atoms with Gasteiger partial charge in [-0.2, -0.15) is 0 Å². The van der Waals surface area contributed by atoms with Crippen LogP contribution in [0, 0.1) is 0 Å². The molecule has 1 aromatic heterocycles. The maximum atomic E-state index is 10.7. The molecule has 3 nitrogen and oxygen atoms in total. The Morgan fingerprint density at radius 1 is 1.21 bits per heavy atom. The molecule has 0 amide bonds. The molecule has 3 rings (SSSR count). The highest BCUT2D eigenvalue weighted by atomic mass is 35.5. The van der Waals surface area contributed by atoms with Crippen LogP contribution in [0.1, 0.15) is 10.4 Å². The first-order chi connectivity index (χ1) is 9.26. The molecule has 1 N–H and O–H groups in total. The number of aldehydes is 1. The Balaban J connectivity index is 1.94. The standard InChI is InChI=1S/C14H9ClN2OS/c15-10-7-9(8-18)5-6-13(10)19-14-16-11-3-1-2-4-12(11)17-14/h1-8H,(H,16,17). The first-order valence-electron chi connectivity index (χ1n) is 5.63. The molecule has 0 spiro atoms. The molecule has 19 heavy (non-hydrogen) atoms. The second-order valence-electron chi connectivity index (χ2n) is 3.97. The Bertz CT molecular complexity index is 721. The van der Waals surface area contributed by atoms with E-state index in [4.69, 9.17) is 11.6 Å². The van der Waals surface area contributed by atoms with Crippen LogP contribution in [0.5, 0.6) is 0 Å². The Morgan fingerprint density at radius 3 is 2.79 bits per heavy atom. The van der Waals surface area contributed by atoms with Gasteiger partial charge in [-0.05, 0) is 24.3 Å². The van der Waals surface area contributed by atoms with E-state index in [2.05, 4.69) is 9.97 Å². The topological polar surface area (TPSA) is 45.8 Å². The molecule has 5 heteroatoms. The van der Waals surface area contributed by atoms with Crippen LogP contribution < -0.4 is 0 Å². The molecule has 0 aliphatic carbocycles. The first-order valence-corrected chi connectivity index (χ1v) is 6.83. The maximum absolute atomic E-state index is 10.7. The number of fused-ring (bicyclic) bond motifs is 1. The summed E-state index contributed by atoms with van der Waals surface area (Å²) < 4.78 is 0. The fourth-order valence-electron chi connectivity index (χ4n) is 1.76. The second kappa shape index (κ2) is 5.07. The zero-order valence-electron chi connectivity index (χ0n) is 9.76. The molecule has 0 atom stereocenters. The summed E-state index contributed by atoms with van der Waals surface area (Å²) in [5.41, 5.74) is 2.48. The molecule has 0 fully saturated rings. The largest absolute Gasteiger partial charge is 0.333 e. The van der Waals surface area contributed by atoms with Gasteiger partial charge in [-0.15, -0.1) is 0 Å². The molecular formula is C14H9ClN2OS. The zero-order chi connectivity index (χ0) is 13.2. The Kier molecular flexibility index (Phi) is 3.27. The van der Waals surface area contributed by atoms with Crippen LogP contribution in [0.2, 0.25) is 5.02 Å². The molecule has 0 saturated heterocycles. The van der Waals surface area contributed by atoms with Crippen molar-refractivity contribution in [3.05, 3.63) is 53.1 Å². The van der Waals surface area contributed by atoms with Gasteiger partial charge in [0.15, 0.2) is 5.16 Å². The van der Waals surface area contributed by atoms with E-state index in [1.807, 2.05) is 30.3 Å². The third-order valence-corrected chi connectivity index (χ3v) is 4.05. The van der Waals surface area contributed by atoms with E-state index in [-0.39, 0.29) is 0 Å². The molecule has 3 aromatic rings. The minimum absolute atomic E-state index is 0.551. The fraction of sp³-hybridized carbons (Fsp3) is 0. The minimum Gasteiger partial charge on any atom is -0.333 e. The van der Waals surface area contributed by atoms with Gasteiger partial charge in [0.2, 0.25) is 0 Å². The van der Waals surface area contributed by atoms with Crippen molar-refractivity contribution in [2.24, 2.45) is 0 Å². The van der Waals surface area contributed by atoms with Gasteiger partial charge in [0.05, 0.1) is 16.1 Å². The number of benzene rings is 2. The summed E-state index contributed by atoms with van der Waals surface area (Å²) in [7, 11) is 0. The van der Waals surface area contributed by atoms with Crippen LogP contribution in [0.3, 0.4) is 0 Å². The maximum Gasteiger partial charge on any atom is 0.171 e. The predicted molar refractivity (Wildman–Crippen MR) is 77.1 cm³/mol. The number of halogens is 1. The number of nitrogens with zero attached hydrogens (tertiary/aromatic N) is 1. The van der Waals surface area contributed by atoms with Crippen LogP contribution in [0.4, 0.5) is 0 Å². The lowest BCUT2D eigenvalue weighted by molar-refractivity contribution is 0.112. The van der Waals surface area contributed by atoms with Crippen LogP contribution >= 0.6 is 23.4 Å². The molecule has 2 aromatic carbocycles. The molecule has 0 aliphatic rings. The lowest BCUT2D eigenvalue weighted by Gasteiger charge is -2.01. The van der Waals surface area contributed by atoms with Gasteiger partial charge in [-0.1, -0.05) is 41.6 Å². The number of imidazole rings is 1. The van der Waals surface area contributed by atoms with Crippen molar-refractivity contribution in [2.75, 3.05) is 0 Å². The summed E-state index contributed by atoms with van der Waals surface area (Å²) in [5, 5.41) is 1.33. The molecule has 0 radical (unpaired) electrons. The number of H-pyrrole nitrogens is 1. The number of rotatable bonds is 3. The fourth-order valence-corrected chi connectivity index (χ4v) is 2.87. The molecule has 0 saturated carbocycles. The van der Waals surface area contributed by atoms with Crippen molar-refractivity contribution >= 4 is 40.7 Å². The molecule has 0 aliphatic heterocycles. The molecule has 0 unspecified atom stereocenters. The molecular weight excluding hydrogens is 280 g/mol. The van der Waals surface area contributed by atoms with Gasteiger partial charge in [-0.3, -0.25) is 4.79 Å². The van der Waals surface area contributed by atoms with E-state index in [0.717, 1.165) is 27.4 Å². The monoisotopic (exact) mass is 288 g/mol. The number of para-hydroxylation sites is 2. The van der Waals surface area contributed by atoms with Crippen molar-refractivity contribution in [1.29, 1.82) is 0 Å². The summed E-state index contributed by atoms with van der Waals surface area (Å²) in [5.74, 6) is 0. The highest BCUT2D eigenvalue weighted by Crippen LogP contribution is 2.32. The van der Waals surface area contributed by atoms with E-state index in [1.54, 1.807) is 12.1 Å². The van der Waals surface area contributed by atoms with E-state index in [9.17, 15) is 4.79 Å². The van der Waals surface area contributed by atoms with E-state index in [1.165, 1.54) is 11.8 Å². The first kappa shape index (κ1) is 12.3. The van der Waals surface area contributed by atoms with Gasteiger partial charge in [-0.25, -0.2) is 4.98 Å². The van der Waals surface area contributed by atoms with Crippen LogP contribution in [0.25, 0.3) is 11.0 Å². The Morgan fingerprint density at radius 2 is 2.05 bits per heavy atom. The average molecular weight is 289 g/mol. The van der Waals surface area contributed by atoms with Crippen molar-refractivity contribution < 1.29 is 4.79 Å². The van der Waals surface area contributed by atoms with Crippen LogP contribution in [-0.2, 0) is 0 Å². The van der Waals surface area contributed by atoms with Crippen LogP contribution in [-0.4, -0.2) is 16.3 Å². The lowest BCUT2D eigenvalue weighted by Crippen LogP contribution is -1.82. The highest BCUT2D eigenvalue weighted by molar-refractivity contribution is 7.99. The Hall–Kier alpha value is -1.78. The summed E-state index contributed by atoms with van der Waals surface area (Å²) in [4.78, 5) is 19.2. The summed E-state index contributed by atoms with van der Waals surface area (Å²) in [6, 6.07) is 13.0. The lowest BCUT2D eigenvalue weighted by atomic mass is 10.2. The normalized spacial score (nSPS) is 10.8. The molecule has 1 heterocycles. The minimum atomic E-state index is 0.551. The van der Waals surface area contributed by atoms with Crippen molar-refractivity contribution in [2.45, 2.75) is 10.1 Å². The second-order valence-corrected chi connectivity index (χ2v) is 5.41. The third-order valence-electron chi connectivity index (χ3n) is 2.67. The van der Waals surface area contributed by atoms with Gasteiger partial charge in [0, 0.05) is 10.5 Å². The SMILES string of the molecule is O=Cc1ccc(Sc2nc3ccccc3[nH]2)c(Cl)c1. The number of hydrogen-bond acceptors (Lipinski definition) is 3. The Labute approximate surface area is 119 Å². The number of hydrogen-bond donors (Lipinski definition) is 1. The van der Waals surface area contributed by atoms with Gasteiger partial charge < -0.3 is 4.98 Å². The highest BCUT2D eigenvalue weighted by Gasteiger charge is 2.07. The van der Waals surface area contributed by atoms with Crippen molar-refractivity contribution in [1.82, 2.24) is 9.97 Å². The smallest absolute Gasteiger partial charge is 0.171 e. The number of aromatic nitrogens is 2. The number of carbonyl (C=O) groups is 1. The number of aromatic amines is 1. The zero-order valence-corrected chi connectivity index (χ0v) is 11.3. The van der Waals surface area contributed by atoms with Crippen molar-refractivity contribution in [3.63, 3.8) is 0 Å². The quantitative estimate of drug-likeness (QED) is 0.735. The summed E-state index contributed by atoms with van der Waals surface area (Å²) >= 11 is 7.58. The summed E-state index contributed by atoms with van der Waals surface area (Å²) in [6.45, 7) is 0. The summed E-state index contributed by atoms with van der Waals surface area (Å²) in [6.07, 6.45) is 0.779. The molecule has 0 bridgehead atoms. The van der Waals surface area contributed by atoms with Crippen molar-refractivity contribution in [3.8, 4) is 0 Å². The van der Waals surface area contributed by atoms with E-state index in [0.29, 0.717) is 10.6 Å². The number of carbonyl (C=O) groups excluding carboxylic acids is 1. The van der Waals surface area contributed by atoms with Gasteiger partial charge in [0.1, 0.15) is 6.29 Å².